The Labute approximate surface area is 151 Å². The van der Waals surface area contributed by atoms with Crippen molar-refractivity contribution >= 4 is 5.96 Å². The minimum atomic E-state index is -4.36. The van der Waals surface area contributed by atoms with Crippen LogP contribution in [0.2, 0.25) is 0 Å². The first-order valence-electron chi connectivity index (χ1n) is 8.28. The molecule has 2 aromatic rings. The molecule has 2 N–H and O–H groups in total. The van der Waals surface area contributed by atoms with Gasteiger partial charge >= 0.3 is 6.18 Å². The third-order valence-corrected chi connectivity index (χ3v) is 3.41. The smallest absolute Gasteiger partial charge is 0.357 e. The number of aromatic nitrogens is 1. The van der Waals surface area contributed by atoms with E-state index in [0.29, 0.717) is 24.6 Å². The molecule has 1 heterocycles. The summed E-state index contributed by atoms with van der Waals surface area (Å²) in [4.78, 5) is 4.44. The van der Waals surface area contributed by atoms with E-state index in [0.717, 1.165) is 18.7 Å². The number of rotatable bonds is 5. The molecule has 0 aliphatic heterocycles. The summed E-state index contributed by atoms with van der Waals surface area (Å²) >= 11 is 0. The number of guanidine groups is 1. The van der Waals surface area contributed by atoms with Gasteiger partial charge in [-0.1, -0.05) is 17.9 Å². The van der Waals surface area contributed by atoms with Crippen LogP contribution in [0.25, 0.3) is 0 Å². The quantitative estimate of drug-likeness (QED) is 0.488. The van der Waals surface area contributed by atoms with Crippen molar-refractivity contribution in [3.05, 3.63) is 59.9 Å². The molecular weight excluding hydrogens is 341 g/mol. The Hall–Kier alpha value is -2.88. The van der Waals surface area contributed by atoms with Crippen LogP contribution < -0.4 is 10.6 Å². The van der Waals surface area contributed by atoms with Gasteiger partial charge in [0.05, 0.1) is 18.7 Å². The fraction of sp³-hybridized carbons (Fsp3) is 0.316. The van der Waals surface area contributed by atoms with Crippen LogP contribution in [-0.2, 0) is 12.7 Å². The molecule has 2 rings (SSSR count). The highest BCUT2D eigenvalue weighted by atomic mass is 19.4. The summed E-state index contributed by atoms with van der Waals surface area (Å²) in [6.07, 6.45) is -0.423. The average molecular weight is 362 g/mol. The molecule has 0 fully saturated rings. The van der Waals surface area contributed by atoms with Crippen molar-refractivity contribution in [2.45, 2.75) is 19.6 Å². The van der Waals surface area contributed by atoms with Crippen LogP contribution in [0.15, 0.2) is 53.8 Å². The normalized spacial score (nSPS) is 11.6. The first kappa shape index (κ1) is 19.4. The Kier molecular flexibility index (Phi) is 7.15. The van der Waals surface area contributed by atoms with Gasteiger partial charge in [-0.25, -0.2) is 0 Å². The van der Waals surface area contributed by atoms with E-state index >= 15 is 0 Å². The molecule has 7 heteroatoms. The fourth-order valence-corrected chi connectivity index (χ4v) is 2.19. The molecule has 1 aromatic carbocycles. The number of benzene rings is 1. The first-order valence-corrected chi connectivity index (χ1v) is 8.28. The first-order chi connectivity index (χ1) is 12.5. The highest BCUT2D eigenvalue weighted by Crippen LogP contribution is 2.29. The lowest BCUT2D eigenvalue weighted by Crippen LogP contribution is -2.37. The average Bonchev–Trinajstić information content (AvgIpc) is 3.11. The van der Waals surface area contributed by atoms with Gasteiger partial charge in [-0.05, 0) is 37.3 Å². The van der Waals surface area contributed by atoms with Gasteiger partial charge in [-0.15, -0.1) is 0 Å². The van der Waals surface area contributed by atoms with Crippen LogP contribution in [0, 0.1) is 11.8 Å². The number of hydrogen-bond acceptors (Lipinski definition) is 1. The van der Waals surface area contributed by atoms with Crippen molar-refractivity contribution in [2.24, 2.45) is 4.99 Å². The van der Waals surface area contributed by atoms with Crippen molar-refractivity contribution in [1.82, 2.24) is 15.2 Å². The van der Waals surface area contributed by atoms with Gasteiger partial charge in [0.2, 0.25) is 0 Å². The molecule has 0 spiro atoms. The van der Waals surface area contributed by atoms with Gasteiger partial charge < -0.3 is 15.2 Å². The minimum Gasteiger partial charge on any atom is -0.357 e. The van der Waals surface area contributed by atoms with Crippen molar-refractivity contribution in [3.63, 3.8) is 0 Å². The SMILES string of the molecule is CCNC(=NCCn1cccc1)NCC#Cc1cccc(C(F)(F)F)c1. The predicted octanol–water partition coefficient (Wildman–Crippen LogP) is 3.11. The zero-order chi connectivity index (χ0) is 18.8. The molecule has 0 amide bonds. The molecule has 0 saturated carbocycles. The van der Waals surface area contributed by atoms with E-state index in [1.54, 1.807) is 6.07 Å². The van der Waals surface area contributed by atoms with Crippen LogP contribution in [0.4, 0.5) is 13.2 Å². The Bertz CT molecular complexity index is 768. The van der Waals surface area contributed by atoms with Crippen molar-refractivity contribution in [3.8, 4) is 11.8 Å². The van der Waals surface area contributed by atoms with Gasteiger partial charge in [0, 0.05) is 31.0 Å². The van der Waals surface area contributed by atoms with E-state index in [-0.39, 0.29) is 6.54 Å². The maximum absolute atomic E-state index is 12.7. The fourth-order valence-electron chi connectivity index (χ4n) is 2.19. The predicted molar refractivity (Wildman–Crippen MR) is 96.7 cm³/mol. The number of nitrogens with one attached hydrogen (secondary N) is 2. The molecule has 0 saturated heterocycles. The number of halogens is 3. The van der Waals surface area contributed by atoms with Crippen LogP contribution in [0.5, 0.6) is 0 Å². The van der Waals surface area contributed by atoms with Crippen molar-refractivity contribution < 1.29 is 13.2 Å². The van der Waals surface area contributed by atoms with E-state index < -0.39 is 11.7 Å². The maximum atomic E-state index is 12.7. The van der Waals surface area contributed by atoms with E-state index in [9.17, 15) is 13.2 Å². The molecular formula is C19H21F3N4. The molecule has 26 heavy (non-hydrogen) atoms. The van der Waals surface area contributed by atoms with Crippen LogP contribution in [0.3, 0.4) is 0 Å². The molecule has 0 radical (unpaired) electrons. The molecule has 0 bridgehead atoms. The Morgan fingerprint density at radius 2 is 1.92 bits per heavy atom. The summed E-state index contributed by atoms with van der Waals surface area (Å²) in [6, 6.07) is 8.90. The number of hydrogen-bond donors (Lipinski definition) is 2. The summed E-state index contributed by atoms with van der Waals surface area (Å²) in [6.45, 7) is 4.31. The molecule has 0 unspecified atom stereocenters. The van der Waals surface area contributed by atoms with E-state index in [4.69, 9.17) is 0 Å². The van der Waals surface area contributed by atoms with Gasteiger partial charge in [0.15, 0.2) is 5.96 Å². The van der Waals surface area contributed by atoms with Gasteiger partial charge in [-0.3, -0.25) is 4.99 Å². The second-order valence-corrected chi connectivity index (χ2v) is 5.42. The molecule has 0 atom stereocenters. The third-order valence-electron chi connectivity index (χ3n) is 3.41. The lowest BCUT2D eigenvalue weighted by molar-refractivity contribution is -0.137. The van der Waals surface area contributed by atoms with Crippen LogP contribution >= 0.6 is 0 Å². The Morgan fingerprint density at radius 3 is 2.62 bits per heavy atom. The monoisotopic (exact) mass is 362 g/mol. The largest absolute Gasteiger partial charge is 0.416 e. The highest BCUT2D eigenvalue weighted by molar-refractivity contribution is 5.80. The van der Waals surface area contributed by atoms with Gasteiger partial charge in [-0.2, -0.15) is 13.2 Å². The summed E-state index contributed by atoms with van der Waals surface area (Å²) < 4.78 is 40.1. The van der Waals surface area contributed by atoms with Crippen molar-refractivity contribution in [2.75, 3.05) is 19.6 Å². The zero-order valence-corrected chi connectivity index (χ0v) is 14.5. The van der Waals surface area contributed by atoms with E-state index in [1.807, 2.05) is 36.0 Å². The lowest BCUT2D eigenvalue weighted by atomic mass is 10.1. The number of aliphatic imine (C=N–C) groups is 1. The van der Waals surface area contributed by atoms with E-state index in [1.165, 1.54) is 6.07 Å². The zero-order valence-electron chi connectivity index (χ0n) is 14.5. The van der Waals surface area contributed by atoms with Crippen LogP contribution in [-0.4, -0.2) is 30.2 Å². The van der Waals surface area contributed by atoms with E-state index in [2.05, 4.69) is 27.5 Å². The molecule has 138 valence electrons. The maximum Gasteiger partial charge on any atom is 0.416 e. The second kappa shape index (κ2) is 9.56. The van der Waals surface area contributed by atoms with Gasteiger partial charge in [0.1, 0.15) is 0 Å². The highest BCUT2D eigenvalue weighted by Gasteiger charge is 2.30. The minimum absolute atomic E-state index is 0.283. The summed E-state index contributed by atoms with van der Waals surface area (Å²) in [5.74, 6) is 6.18. The second-order valence-electron chi connectivity index (χ2n) is 5.42. The molecule has 1 aromatic heterocycles. The number of alkyl halides is 3. The van der Waals surface area contributed by atoms with Crippen molar-refractivity contribution in [1.29, 1.82) is 0 Å². The third kappa shape index (κ3) is 6.55. The van der Waals surface area contributed by atoms with Gasteiger partial charge in [0.25, 0.3) is 0 Å². The molecule has 4 nitrogen and oxygen atoms in total. The molecule has 0 aliphatic carbocycles. The molecule has 0 aliphatic rings. The standard InChI is InChI=1S/C19H21F3N4/c1-2-23-18(25-11-14-26-12-3-4-13-26)24-10-6-8-16-7-5-9-17(15-16)19(20,21)22/h3-5,7,9,12-13,15H,2,10-11,14H2,1H3,(H2,23,24,25). The summed E-state index contributed by atoms with van der Waals surface area (Å²) in [5, 5.41) is 6.15. The summed E-state index contributed by atoms with van der Waals surface area (Å²) in [5.41, 5.74) is -0.367. The van der Waals surface area contributed by atoms with Crippen LogP contribution in [0.1, 0.15) is 18.1 Å². The Morgan fingerprint density at radius 1 is 1.15 bits per heavy atom. The Balaban J connectivity index is 1.88. The summed E-state index contributed by atoms with van der Waals surface area (Å²) in [7, 11) is 0. The topological polar surface area (TPSA) is 41.4 Å². The lowest BCUT2D eigenvalue weighted by Gasteiger charge is -2.09. The number of nitrogens with zero attached hydrogens (tertiary/aromatic N) is 2.